The van der Waals surface area contributed by atoms with Crippen molar-refractivity contribution in [3.63, 3.8) is 0 Å². The molecule has 6 heterocycles. The summed E-state index contributed by atoms with van der Waals surface area (Å²) in [5, 5.41) is 4.39. The summed E-state index contributed by atoms with van der Waals surface area (Å²) in [6.07, 6.45) is 1.60. The minimum Gasteiger partial charge on any atom is -0.307 e. The minimum atomic E-state index is -0.621. The number of fused-ring (bicyclic) bond motifs is 5. The number of nitrogens with zero attached hydrogens (tertiary/aromatic N) is 3. The molecule has 41 heavy (non-hydrogen) atoms. The van der Waals surface area contributed by atoms with E-state index in [9.17, 15) is 14.4 Å². The van der Waals surface area contributed by atoms with E-state index in [1.165, 1.54) is 71.4 Å². The second-order valence-electron chi connectivity index (χ2n) is 9.89. The molecule has 10 heteroatoms. The molecule has 2 aromatic carbocycles. The third-order valence-corrected chi connectivity index (χ3v) is 11.9. The third-order valence-electron chi connectivity index (χ3n) is 7.41. The van der Waals surface area contributed by atoms with Gasteiger partial charge in [-0.1, -0.05) is 18.2 Å². The number of urea groups is 1. The number of carbonyl (C=O) groups excluding carboxylic acids is 3. The molecule has 6 nitrogen and oxygen atoms in total. The molecule has 0 unspecified atom stereocenters. The monoisotopic (exact) mass is 609 g/mol. The summed E-state index contributed by atoms with van der Waals surface area (Å²) in [5.74, 6) is -1.16. The van der Waals surface area contributed by atoms with E-state index in [2.05, 4.69) is 64.5 Å². The van der Waals surface area contributed by atoms with E-state index in [0.717, 1.165) is 24.8 Å². The number of rotatable bonds is 3. The molecule has 5 aromatic heterocycles. The van der Waals surface area contributed by atoms with E-state index in [0.29, 0.717) is 0 Å². The molecular formula is C31H19N3O3S4. The Morgan fingerprint density at radius 1 is 0.683 bits per heavy atom. The van der Waals surface area contributed by atoms with Gasteiger partial charge in [0.2, 0.25) is 0 Å². The van der Waals surface area contributed by atoms with Gasteiger partial charge in [-0.15, -0.1) is 45.3 Å². The van der Waals surface area contributed by atoms with E-state index in [1.807, 2.05) is 23.5 Å². The summed E-state index contributed by atoms with van der Waals surface area (Å²) in [4.78, 5) is 42.6. The molecule has 0 saturated carbocycles. The maximum absolute atomic E-state index is 12.6. The molecule has 1 aliphatic heterocycles. The maximum atomic E-state index is 12.6. The number of benzene rings is 2. The highest BCUT2D eigenvalue weighted by molar-refractivity contribution is 7.31. The van der Waals surface area contributed by atoms with Gasteiger partial charge in [0.25, 0.3) is 11.8 Å². The van der Waals surface area contributed by atoms with Crippen LogP contribution in [-0.2, 0) is 9.59 Å². The molecule has 1 aliphatic rings. The lowest BCUT2D eigenvalue weighted by Gasteiger charge is -2.28. The van der Waals surface area contributed by atoms with Gasteiger partial charge in [-0.05, 0) is 70.8 Å². The van der Waals surface area contributed by atoms with Crippen LogP contribution in [0.25, 0.3) is 62.1 Å². The zero-order chi connectivity index (χ0) is 28.0. The summed E-state index contributed by atoms with van der Waals surface area (Å²) >= 11 is 6.93. The minimum absolute atomic E-state index is 0.00515. The predicted octanol–water partition coefficient (Wildman–Crippen LogP) is 8.44. The van der Waals surface area contributed by atoms with Gasteiger partial charge in [0.1, 0.15) is 5.57 Å². The molecule has 4 amide bonds. The number of para-hydroxylation sites is 1. The van der Waals surface area contributed by atoms with Gasteiger partial charge in [-0.25, -0.2) is 4.79 Å². The van der Waals surface area contributed by atoms with Crippen LogP contribution in [0.1, 0.15) is 4.88 Å². The highest BCUT2D eigenvalue weighted by atomic mass is 32.1. The second-order valence-corrected chi connectivity index (χ2v) is 14.1. The van der Waals surface area contributed by atoms with Gasteiger partial charge < -0.3 is 4.57 Å². The van der Waals surface area contributed by atoms with E-state index in [1.54, 1.807) is 28.7 Å². The number of barbiturate groups is 1. The summed E-state index contributed by atoms with van der Waals surface area (Å²) in [5.41, 5.74) is 3.64. The highest BCUT2D eigenvalue weighted by Crippen LogP contribution is 2.46. The van der Waals surface area contributed by atoms with Crippen molar-refractivity contribution in [2.24, 2.45) is 0 Å². The van der Waals surface area contributed by atoms with E-state index < -0.39 is 17.8 Å². The number of likely N-dealkylation sites (N-methyl/N-ethyl adjacent to an activating group) is 2. The Bertz CT molecular complexity index is 2180. The van der Waals surface area contributed by atoms with Gasteiger partial charge in [-0.3, -0.25) is 19.4 Å². The van der Waals surface area contributed by atoms with E-state index in [-0.39, 0.29) is 5.57 Å². The smallest absolute Gasteiger partial charge is 0.307 e. The molecule has 0 atom stereocenters. The van der Waals surface area contributed by atoms with Crippen molar-refractivity contribution in [1.82, 2.24) is 14.4 Å². The summed E-state index contributed by atoms with van der Waals surface area (Å²) in [6, 6.07) is 23.0. The number of imide groups is 2. The van der Waals surface area contributed by atoms with Crippen molar-refractivity contribution in [2.45, 2.75) is 0 Å². The van der Waals surface area contributed by atoms with Crippen LogP contribution in [0.15, 0.2) is 77.7 Å². The van der Waals surface area contributed by atoms with Crippen molar-refractivity contribution in [3.8, 4) is 15.4 Å². The fourth-order valence-electron chi connectivity index (χ4n) is 5.37. The lowest BCUT2D eigenvalue weighted by molar-refractivity contribution is -0.134. The highest BCUT2D eigenvalue weighted by Gasteiger charge is 2.37. The molecule has 0 bridgehead atoms. The Balaban J connectivity index is 1.19. The zero-order valence-corrected chi connectivity index (χ0v) is 25.0. The first kappa shape index (κ1) is 24.7. The van der Waals surface area contributed by atoms with Crippen LogP contribution >= 0.6 is 45.3 Å². The number of amides is 4. The molecule has 0 spiro atoms. The molecule has 0 radical (unpaired) electrons. The largest absolute Gasteiger partial charge is 0.333 e. The third kappa shape index (κ3) is 3.68. The first-order chi connectivity index (χ1) is 19.9. The van der Waals surface area contributed by atoms with Crippen LogP contribution < -0.4 is 0 Å². The van der Waals surface area contributed by atoms with Crippen LogP contribution in [0.3, 0.4) is 0 Å². The van der Waals surface area contributed by atoms with E-state index in [4.69, 9.17) is 0 Å². The second kappa shape index (κ2) is 8.95. The number of thiophene rings is 4. The summed E-state index contributed by atoms with van der Waals surface area (Å²) in [7, 11) is 2.78. The number of aromatic nitrogens is 1. The van der Waals surface area contributed by atoms with Crippen LogP contribution in [0, 0.1) is 0 Å². The summed E-state index contributed by atoms with van der Waals surface area (Å²) < 4.78 is 7.25. The quantitative estimate of drug-likeness (QED) is 0.149. The van der Waals surface area contributed by atoms with Crippen molar-refractivity contribution in [2.75, 3.05) is 14.1 Å². The average Bonchev–Trinajstić information content (AvgIpc) is 3.79. The first-order valence-corrected chi connectivity index (χ1v) is 16.1. The normalized spacial score (nSPS) is 14.6. The lowest BCUT2D eigenvalue weighted by Crippen LogP contribution is -2.52. The van der Waals surface area contributed by atoms with Gasteiger partial charge in [0.05, 0.1) is 20.4 Å². The molecule has 200 valence electrons. The Kier molecular flexibility index (Phi) is 5.39. The zero-order valence-electron chi connectivity index (χ0n) is 21.7. The Hall–Kier alpha value is -4.09. The Morgan fingerprint density at radius 3 is 2.12 bits per heavy atom. The van der Waals surface area contributed by atoms with Crippen molar-refractivity contribution < 1.29 is 14.4 Å². The van der Waals surface area contributed by atoms with Gasteiger partial charge in [0, 0.05) is 43.8 Å². The number of carbonyl (C=O) groups is 3. The number of hydrogen-bond donors (Lipinski definition) is 0. The molecule has 1 saturated heterocycles. The average molecular weight is 610 g/mol. The topological polar surface area (TPSA) is 62.6 Å². The van der Waals surface area contributed by atoms with Crippen molar-refractivity contribution in [3.05, 3.63) is 82.6 Å². The lowest BCUT2D eigenvalue weighted by atomic mass is 10.1. The Morgan fingerprint density at radius 2 is 1.37 bits per heavy atom. The Labute approximate surface area is 249 Å². The molecular weight excluding hydrogens is 591 g/mol. The van der Waals surface area contributed by atoms with Crippen molar-refractivity contribution in [1.29, 1.82) is 0 Å². The van der Waals surface area contributed by atoms with Crippen molar-refractivity contribution >= 4 is 110 Å². The van der Waals surface area contributed by atoms with Gasteiger partial charge in [0.15, 0.2) is 0 Å². The van der Waals surface area contributed by atoms with Crippen LogP contribution in [-0.4, -0.2) is 46.3 Å². The van der Waals surface area contributed by atoms with Crippen LogP contribution in [0.4, 0.5) is 4.79 Å². The van der Waals surface area contributed by atoms with E-state index >= 15 is 0 Å². The maximum Gasteiger partial charge on any atom is 0.333 e. The standard InChI is InChI=1S/C31H19N3O3S4/c1-32-29(35)20(30(36)33(2)31(32)37)14-19-10-16-11-24-17(12-23(16)39-19)13-25(40-24)26-15-22-28(41-26)27-21(8-9-38-27)34(22)18-6-4-3-5-7-18/h3-15H,1-2H3. The number of hydrogen-bond acceptors (Lipinski definition) is 7. The molecule has 8 rings (SSSR count). The molecule has 0 aliphatic carbocycles. The molecule has 0 N–H and O–H groups in total. The summed E-state index contributed by atoms with van der Waals surface area (Å²) in [6.45, 7) is 0. The van der Waals surface area contributed by atoms with Crippen LogP contribution in [0.5, 0.6) is 0 Å². The fourth-order valence-corrected chi connectivity index (χ4v) is 9.76. The molecule has 1 fully saturated rings. The SMILES string of the molecule is CN1C(=O)C(=Cc2cc3cc4sc(-c5cc6c(s5)c5sccc5n6-c5ccccc5)cc4cc3s2)C(=O)N(C)C1=O. The van der Waals surface area contributed by atoms with Gasteiger partial charge >= 0.3 is 6.03 Å². The van der Waals surface area contributed by atoms with Crippen LogP contribution in [0.2, 0.25) is 0 Å². The molecule has 7 aromatic rings. The fraction of sp³-hybridized carbons (Fsp3) is 0.0645. The predicted molar refractivity (Wildman–Crippen MR) is 172 cm³/mol. The van der Waals surface area contributed by atoms with Gasteiger partial charge in [-0.2, -0.15) is 0 Å². The first-order valence-electron chi connectivity index (χ1n) is 12.7.